The topological polar surface area (TPSA) is 58.2 Å². The summed E-state index contributed by atoms with van der Waals surface area (Å²) in [6, 6.07) is 15.1. The van der Waals surface area contributed by atoms with E-state index in [0.717, 1.165) is 0 Å². The van der Waals surface area contributed by atoms with Gasteiger partial charge >= 0.3 is 0 Å². The van der Waals surface area contributed by atoms with E-state index in [4.69, 9.17) is 6.42 Å². The number of anilines is 1. The van der Waals surface area contributed by atoms with Crippen molar-refractivity contribution in [3.8, 4) is 12.3 Å². The summed E-state index contributed by atoms with van der Waals surface area (Å²) in [5.41, 5.74) is 1.79. The van der Waals surface area contributed by atoms with E-state index >= 15 is 0 Å². The maximum Gasteiger partial charge on any atom is 0.251 e. The molecule has 0 spiro atoms. The Morgan fingerprint density at radius 2 is 1.82 bits per heavy atom. The first-order valence-corrected chi connectivity index (χ1v) is 6.83. The number of hydrogen-bond acceptors (Lipinski definition) is 2. The lowest BCUT2D eigenvalue weighted by atomic mass is 10.2. The molecule has 0 saturated carbocycles. The molecular formula is C18H16N2O2. The quantitative estimate of drug-likeness (QED) is 0.850. The van der Waals surface area contributed by atoms with Gasteiger partial charge in [0.2, 0.25) is 5.91 Å². The van der Waals surface area contributed by atoms with Crippen LogP contribution in [0.4, 0.5) is 5.69 Å². The molecular weight excluding hydrogens is 276 g/mol. The van der Waals surface area contributed by atoms with Crippen LogP contribution in [0.15, 0.2) is 54.6 Å². The predicted octanol–water partition coefficient (Wildman–Crippen LogP) is 2.42. The van der Waals surface area contributed by atoms with Gasteiger partial charge in [0.05, 0.1) is 0 Å². The predicted molar refractivity (Wildman–Crippen MR) is 86.4 cm³/mol. The molecule has 0 radical (unpaired) electrons. The zero-order valence-electron chi connectivity index (χ0n) is 12.2. The summed E-state index contributed by atoms with van der Waals surface area (Å²) in [7, 11) is 0. The highest BCUT2D eigenvalue weighted by Crippen LogP contribution is 2.10. The number of carbonyl (C=O) groups is 2. The van der Waals surface area contributed by atoms with Gasteiger partial charge in [0.25, 0.3) is 5.91 Å². The van der Waals surface area contributed by atoms with Crippen LogP contribution in [-0.4, -0.2) is 17.9 Å². The highest BCUT2D eigenvalue weighted by atomic mass is 16.2. The molecule has 1 unspecified atom stereocenters. The summed E-state index contributed by atoms with van der Waals surface area (Å²) in [5.74, 6) is 1.90. The van der Waals surface area contributed by atoms with Crippen LogP contribution in [0.3, 0.4) is 0 Å². The highest BCUT2D eigenvalue weighted by molar-refractivity contribution is 6.00. The van der Waals surface area contributed by atoms with Crippen molar-refractivity contribution in [2.45, 2.75) is 13.0 Å². The Morgan fingerprint density at radius 1 is 1.09 bits per heavy atom. The third-order valence-electron chi connectivity index (χ3n) is 3.07. The van der Waals surface area contributed by atoms with Gasteiger partial charge in [0, 0.05) is 16.8 Å². The molecule has 110 valence electrons. The van der Waals surface area contributed by atoms with Crippen molar-refractivity contribution in [1.29, 1.82) is 0 Å². The number of rotatable bonds is 4. The van der Waals surface area contributed by atoms with Gasteiger partial charge in [-0.3, -0.25) is 9.59 Å². The molecule has 0 heterocycles. The highest BCUT2D eigenvalue weighted by Gasteiger charge is 2.16. The molecule has 0 aliphatic heterocycles. The molecule has 1 atom stereocenters. The second-order valence-electron chi connectivity index (χ2n) is 4.78. The lowest BCUT2D eigenvalue weighted by Crippen LogP contribution is -2.41. The molecule has 4 nitrogen and oxygen atoms in total. The number of benzene rings is 2. The van der Waals surface area contributed by atoms with Crippen LogP contribution >= 0.6 is 0 Å². The normalized spacial score (nSPS) is 11.1. The van der Waals surface area contributed by atoms with Gasteiger partial charge in [0.1, 0.15) is 6.04 Å². The van der Waals surface area contributed by atoms with Gasteiger partial charge in [-0.2, -0.15) is 0 Å². The van der Waals surface area contributed by atoms with E-state index < -0.39 is 6.04 Å². The molecule has 0 fully saturated rings. The first-order chi connectivity index (χ1) is 10.6. The average Bonchev–Trinajstić information content (AvgIpc) is 2.55. The van der Waals surface area contributed by atoms with Gasteiger partial charge in [-0.25, -0.2) is 0 Å². The lowest BCUT2D eigenvalue weighted by molar-refractivity contribution is -0.117. The summed E-state index contributed by atoms with van der Waals surface area (Å²) in [6.07, 6.45) is 5.32. The fourth-order valence-corrected chi connectivity index (χ4v) is 1.87. The smallest absolute Gasteiger partial charge is 0.251 e. The Balaban J connectivity index is 1.97. The van der Waals surface area contributed by atoms with Crippen molar-refractivity contribution >= 4 is 17.5 Å². The van der Waals surface area contributed by atoms with Crippen LogP contribution in [0.25, 0.3) is 0 Å². The molecule has 4 heteroatoms. The van der Waals surface area contributed by atoms with E-state index in [2.05, 4.69) is 16.6 Å². The van der Waals surface area contributed by atoms with Gasteiger partial charge in [0.15, 0.2) is 0 Å². The van der Waals surface area contributed by atoms with Crippen LogP contribution in [0.2, 0.25) is 0 Å². The van der Waals surface area contributed by atoms with Crippen molar-refractivity contribution < 1.29 is 9.59 Å². The van der Waals surface area contributed by atoms with Crippen molar-refractivity contribution in [3.05, 3.63) is 65.7 Å². The van der Waals surface area contributed by atoms with Gasteiger partial charge < -0.3 is 10.6 Å². The molecule has 0 bridgehead atoms. The van der Waals surface area contributed by atoms with Crippen LogP contribution in [-0.2, 0) is 4.79 Å². The number of nitrogens with one attached hydrogen (secondary N) is 2. The maximum atomic E-state index is 12.1. The van der Waals surface area contributed by atoms with Crippen LogP contribution < -0.4 is 10.6 Å². The number of carbonyl (C=O) groups excluding carboxylic acids is 2. The monoisotopic (exact) mass is 292 g/mol. The van der Waals surface area contributed by atoms with E-state index in [9.17, 15) is 9.59 Å². The van der Waals surface area contributed by atoms with E-state index in [1.807, 2.05) is 6.07 Å². The second-order valence-corrected chi connectivity index (χ2v) is 4.78. The maximum absolute atomic E-state index is 12.1. The Bertz CT molecular complexity index is 717. The summed E-state index contributed by atoms with van der Waals surface area (Å²) in [6.45, 7) is 1.63. The van der Waals surface area contributed by atoms with Crippen molar-refractivity contribution in [3.63, 3.8) is 0 Å². The van der Waals surface area contributed by atoms with E-state index in [-0.39, 0.29) is 11.8 Å². The third-order valence-corrected chi connectivity index (χ3v) is 3.07. The average molecular weight is 292 g/mol. The molecule has 2 aromatic carbocycles. The Labute approximate surface area is 129 Å². The third kappa shape index (κ3) is 3.97. The lowest BCUT2D eigenvalue weighted by Gasteiger charge is -2.14. The molecule has 22 heavy (non-hydrogen) atoms. The first kappa shape index (κ1) is 15.3. The molecule has 2 rings (SSSR count). The minimum Gasteiger partial charge on any atom is -0.341 e. The summed E-state index contributed by atoms with van der Waals surface area (Å²) in [5, 5.41) is 5.38. The fraction of sp³-hybridized carbons (Fsp3) is 0.111. The largest absolute Gasteiger partial charge is 0.341 e. The molecule has 0 aliphatic carbocycles. The fourth-order valence-electron chi connectivity index (χ4n) is 1.87. The van der Waals surface area contributed by atoms with Crippen molar-refractivity contribution in [2.24, 2.45) is 0 Å². The van der Waals surface area contributed by atoms with Crippen LogP contribution in [0, 0.1) is 12.3 Å². The molecule has 0 aromatic heterocycles. The zero-order valence-corrected chi connectivity index (χ0v) is 12.2. The van der Waals surface area contributed by atoms with Crippen LogP contribution in [0.1, 0.15) is 22.8 Å². The minimum atomic E-state index is -0.665. The molecule has 0 aliphatic rings. The molecule has 0 saturated heterocycles. The van der Waals surface area contributed by atoms with E-state index in [1.165, 1.54) is 0 Å². The summed E-state index contributed by atoms with van der Waals surface area (Å²) in [4.78, 5) is 24.1. The summed E-state index contributed by atoms with van der Waals surface area (Å²) >= 11 is 0. The van der Waals surface area contributed by atoms with Gasteiger partial charge in [-0.15, -0.1) is 6.42 Å². The Morgan fingerprint density at radius 3 is 2.50 bits per heavy atom. The minimum absolute atomic E-state index is 0.291. The Kier molecular flexibility index (Phi) is 4.94. The molecule has 2 N–H and O–H groups in total. The molecule has 2 amide bonds. The van der Waals surface area contributed by atoms with E-state index in [1.54, 1.807) is 55.5 Å². The van der Waals surface area contributed by atoms with Crippen LogP contribution in [0.5, 0.6) is 0 Å². The number of amides is 2. The number of hydrogen-bond donors (Lipinski definition) is 2. The van der Waals surface area contributed by atoms with Gasteiger partial charge in [-0.1, -0.05) is 30.2 Å². The standard InChI is InChI=1S/C18H16N2O2/c1-3-14-8-7-11-16(12-14)20-17(21)13(2)19-18(22)15-9-5-4-6-10-15/h1,4-13H,2H3,(H,19,22)(H,20,21). The second kappa shape index (κ2) is 7.09. The van der Waals surface area contributed by atoms with Crippen molar-refractivity contribution in [1.82, 2.24) is 5.32 Å². The van der Waals surface area contributed by atoms with E-state index in [0.29, 0.717) is 16.8 Å². The summed E-state index contributed by atoms with van der Waals surface area (Å²) < 4.78 is 0. The zero-order chi connectivity index (χ0) is 15.9. The Hall–Kier alpha value is -3.06. The van der Waals surface area contributed by atoms with Crippen molar-refractivity contribution in [2.75, 3.05) is 5.32 Å². The number of terminal acetylenes is 1. The SMILES string of the molecule is C#Cc1cccc(NC(=O)C(C)NC(=O)c2ccccc2)c1. The van der Waals surface area contributed by atoms with Gasteiger partial charge in [-0.05, 0) is 37.3 Å². The molecule has 2 aromatic rings. The first-order valence-electron chi connectivity index (χ1n) is 6.83.